The van der Waals surface area contributed by atoms with E-state index in [-0.39, 0.29) is 18.1 Å². The SMILES string of the molecule is O=C(Cc1ccc(-n2cnnn2)cc1)Nc1nc(-c2ccccc2OC(F)F)cs1. The van der Waals surface area contributed by atoms with Crippen molar-refractivity contribution in [3.63, 3.8) is 0 Å². The van der Waals surface area contributed by atoms with E-state index in [0.29, 0.717) is 16.4 Å². The summed E-state index contributed by atoms with van der Waals surface area (Å²) in [6.45, 7) is -2.93. The normalized spacial score (nSPS) is 10.9. The molecule has 0 radical (unpaired) electrons. The minimum atomic E-state index is -2.93. The highest BCUT2D eigenvalue weighted by atomic mass is 32.1. The number of carbonyl (C=O) groups excluding carboxylic acids is 1. The van der Waals surface area contributed by atoms with Crippen LogP contribution < -0.4 is 10.1 Å². The molecule has 0 atom stereocenters. The summed E-state index contributed by atoms with van der Waals surface area (Å²) in [5.74, 6) is -0.221. The molecule has 4 rings (SSSR count). The number of ether oxygens (including phenoxy) is 1. The third kappa shape index (κ3) is 4.63. The second kappa shape index (κ2) is 8.74. The molecule has 2 heterocycles. The first-order valence-corrected chi connectivity index (χ1v) is 9.58. The monoisotopic (exact) mass is 428 g/mol. The Morgan fingerprint density at radius 2 is 1.97 bits per heavy atom. The number of hydrogen-bond donors (Lipinski definition) is 1. The molecule has 8 nitrogen and oxygen atoms in total. The molecule has 0 saturated heterocycles. The fourth-order valence-electron chi connectivity index (χ4n) is 2.73. The molecule has 0 aliphatic carbocycles. The van der Waals surface area contributed by atoms with Crippen molar-refractivity contribution in [1.29, 1.82) is 0 Å². The van der Waals surface area contributed by atoms with Crippen LogP contribution in [0.3, 0.4) is 0 Å². The van der Waals surface area contributed by atoms with Gasteiger partial charge in [-0.25, -0.2) is 9.67 Å². The zero-order valence-electron chi connectivity index (χ0n) is 15.3. The first-order chi connectivity index (χ1) is 14.6. The number of rotatable bonds is 7. The molecule has 2 aromatic heterocycles. The van der Waals surface area contributed by atoms with Gasteiger partial charge < -0.3 is 10.1 Å². The number of benzene rings is 2. The zero-order valence-corrected chi connectivity index (χ0v) is 16.1. The molecule has 0 aliphatic heterocycles. The Morgan fingerprint density at radius 1 is 1.17 bits per heavy atom. The molecule has 0 bridgehead atoms. The van der Waals surface area contributed by atoms with Crippen LogP contribution in [0, 0.1) is 0 Å². The summed E-state index contributed by atoms with van der Waals surface area (Å²) in [7, 11) is 0. The second-order valence-electron chi connectivity index (χ2n) is 6.06. The zero-order chi connectivity index (χ0) is 20.9. The third-order valence-corrected chi connectivity index (χ3v) is 4.80. The molecule has 0 unspecified atom stereocenters. The van der Waals surface area contributed by atoms with Crippen molar-refractivity contribution in [1.82, 2.24) is 25.2 Å². The van der Waals surface area contributed by atoms with Gasteiger partial charge in [0.25, 0.3) is 0 Å². The van der Waals surface area contributed by atoms with Crippen LogP contribution in [0.1, 0.15) is 5.56 Å². The van der Waals surface area contributed by atoms with Gasteiger partial charge in [0, 0.05) is 10.9 Å². The predicted molar refractivity (Wildman–Crippen MR) is 106 cm³/mol. The van der Waals surface area contributed by atoms with Gasteiger partial charge in [0.1, 0.15) is 12.1 Å². The van der Waals surface area contributed by atoms with Gasteiger partial charge in [-0.3, -0.25) is 4.79 Å². The van der Waals surface area contributed by atoms with Crippen LogP contribution >= 0.6 is 11.3 Å². The summed E-state index contributed by atoms with van der Waals surface area (Å²) in [6.07, 6.45) is 1.63. The van der Waals surface area contributed by atoms with Crippen LogP contribution in [0.15, 0.2) is 60.2 Å². The van der Waals surface area contributed by atoms with E-state index in [1.807, 2.05) is 12.1 Å². The van der Waals surface area contributed by atoms with Crippen molar-refractivity contribution < 1.29 is 18.3 Å². The summed E-state index contributed by atoms with van der Waals surface area (Å²) in [5.41, 5.74) is 2.44. The molecular weight excluding hydrogens is 414 g/mol. The van der Waals surface area contributed by atoms with Crippen LogP contribution in [-0.2, 0) is 11.2 Å². The fraction of sp³-hybridized carbons (Fsp3) is 0.105. The van der Waals surface area contributed by atoms with Gasteiger partial charge in [-0.2, -0.15) is 8.78 Å². The Hall–Kier alpha value is -3.73. The van der Waals surface area contributed by atoms with Crippen molar-refractivity contribution in [3.8, 4) is 22.7 Å². The molecule has 0 aliphatic rings. The summed E-state index contributed by atoms with van der Waals surface area (Å²) in [5, 5.41) is 15.7. The molecule has 152 valence electrons. The maximum Gasteiger partial charge on any atom is 0.387 e. The largest absolute Gasteiger partial charge is 0.434 e. The second-order valence-corrected chi connectivity index (χ2v) is 6.92. The lowest BCUT2D eigenvalue weighted by atomic mass is 10.1. The van der Waals surface area contributed by atoms with E-state index >= 15 is 0 Å². The molecule has 0 saturated carbocycles. The lowest BCUT2D eigenvalue weighted by molar-refractivity contribution is -0.115. The van der Waals surface area contributed by atoms with Crippen molar-refractivity contribution in [2.24, 2.45) is 0 Å². The number of anilines is 1. The number of thiazole rings is 1. The summed E-state index contributed by atoms with van der Waals surface area (Å²) >= 11 is 1.20. The van der Waals surface area contributed by atoms with Crippen molar-refractivity contribution in [2.75, 3.05) is 5.32 Å². The number of halogens is 2. The number of carbonyl (C=O) groups is 1. The number of hydrogen-bond acceptors (Lipinski definition) is 7. The number of nitrogens with zero attached hydrogens (tertiary/aromatic N) is 5. The number of aromatic nitrogens is 5. The van der Waals surface area contributed by atoms with Gasteiger partial charge in [0.05, 0.1) is 17.8 Å². The van der Waals surface area contributed by atoms with Crippen LogP contribution in [0.4, 0.5) is 13.9 Å². The van der Waals surface area contributed by atoms with Crippen LogP contribution in [0.5, 0.6) is 5.75 Å². The average molecular weight is 428 g/mol. The maximum absolute atomic E-state index is 12.6. The number of amides is 1. The first kappa shape index (κ1) is 19.6. The highest BCUT2D eigenvalue weighted by Crippen LogP contribution is 2.33. The van der Waals surface area contributed by atoms with E-state index in [0.717, 1.165) is 11.3 Å². The molecule has 30 heavy (non-hydrogen) atoms. The highest BCUT2D eigenvalue weighted by molar-refractivity contribution is 7.14. The Bertz CT molecular complexity index is 1130. The minimum absolute atomic E-state index is 0.0262. The first-order valence-electron chi connectivity index (χ1n) is 8.70. The van der Waals surface area contributed by atoms with E-state index < -0.39 is 6.61 Å². The fourth-order valence-corrected chi connectivity index (χ4v) is 3.45. The Balaban J connectivity index is 1.41. The van der Waals surface area contributed by atoms with Gasteiger partial charge in [-0.1, -0.05) is 24.3 Å². The minimum Gasteiger partial charge on any atom is -0.434 e. The molecule has 11 heteroatoms. The van der Waals surface area contributed by atoms with Gasteiger partial charge in [-0.15, -0.1) is 16.4 Å². The number of tetrazole rings is 1. The van der Waals surface area contributed by atoms with E-state index in [1.54, 1.807) is 35.7 Å². The molecule has 1 N–H and O–H groups in total. The smallest absolute Gasteiger partial charge is 0.387 e. The van der Waals surface area contributed by atoms with Gasteiger partial charge in [0.2, 0.25) is 5.91 Å². The van der Waals surface area contributed by atoms with E-state index in [1.165, 1.54) is 28.4 Å². The van der Waals surface area contributed by atoms with Gasteiger partial charge >= 0.3 is 6.61 Å². The quantitative estimate of drug-likeness (QED) is 0.484. The molecule has 0 spiro atoms. The Kier molecular flexibility index (Phi) is 5.70. The summed E-state index contributed by atoms with van der Waals surface area (Å²) in [4.78, 5) is 16.7. The highest BCUT2D eigenvalue weighted by Gasteiger charge is 2.14. The maximum atomic E-state index is 12.6. The molecule has 4 aromatic rings. The van der Waals surface area contributed by atoms with Crippen LogP contribution in [-0.4, -0.2) is 37.7 Å². The molecule has 0 fully saturated rings. The van der Waals surface area contributed by atoms with Crippen LogP contribution in [0.25, 0.3) is 16.9 Å². The molecular formula is C19H14F2N6O2S. The number of para-hydroxylation sites is 1. The standard InChI is InChI=1S/C19H14F2N6O2S/c20-18(21)29-16-4-2-1-3-14(16)15-10-30-19(23-15)24-17(28)9-12-5-7-13(8-6-12)27-11-22-25-26-27/h1-8,10-11,18H,9H2,(H,23,24,28). The Morgan fingerprint density at radius 3 is 2.70 bits per heavy atom. The van der Waals surface area contributed by atoms with Gasteiger partial charge in [-0.05, 0) is 40.3 Å². The number of alkyl halides is 2. The average Bonchev–Trinajstić information content (AvgIpc) is 3.41. The van der Waals surface area contributed by atoms with E-state index in [9.17, 15) is 13.6 Å². The number of nitrogens with one attached hydrogen (secondary N) is 1. The van der Waals surface area contributed by atoms with Gasteiger partial charge in [0.15, 0.2) is 5.13 Å². The van der Waals surface area contributed by atoms with Crippen molar-refractivity contribution in [2.45, 2.75) is 13.0 Å². The lowest BCUT2D eigenvalue weighted by Gasteiger charge is -2.08. The topological polar surface area (TPSA) is 94.8 Å². The summed E-state index contributed by atoms with van der Waals surface area (Å²) in [6, 6.07) is 13.6. The molecule has 2 aromatic carbocycles. The predicted octanol–water partition coefficient (Wildman–Crippen LogP) is 3.57. The molecule has 1 amide bonds. The Labute approximate surface area is 173 Å². The third-order valence-electron chi connectivity index (χ3n) is 4.04. The van der Waals surface area contributed by atoms with E-state index in [2.05, 4.69) is 30.6 Å². The van der Waals surface area contributed by atoms with Crippen molar-refractivity contribution >= 4 is 22.4 Å². The summed E-state index contributed by atoms with van der Waals surface area (Å²) < 4.78 is 31.2. The van der Waals surface area contributed by atoms with Crippen molar-refractivity contribution in [3.05, 3.63) is 65.8 Å². The van der Waals surface area contributed by atoms with Crippen LogP contribution in [0.2, 0.25) is 0 Å². The lowest BCUT2D eigenvalue weighted by Crippen LogP contribution is -2.14. The van der Waals surface area contributed by atoms with E-state index in [4.69, 9.17) is 0 Å².